The van der Waals surface area contributed by atoms with E-state index in [0.29, 0.717) is 24.7 Å². The van der Waals surface area contributed by atoms with Crippen LogP contribution < -0.4 is 0 Å². The minimum atomic E-state index is 0.230. The monoisotopic (exact) mass is 345 g/mol. The molecule has 0 amide bonds. The molecule has 1 N–H and O–H groups in total. The van der Waals surface area contributed by atoms with E-state index in [0.717, 1.165) is 56.6 Å². The summed E-state index contributed by atoms with van der Waals surface area (Å²) in [5.74, 6) is 1.71. The highest BCUT2D eigenvalue weighted by molar-refractivity contribution is 5.31. The Morgan fingerprint density at radius 3 is 2.92 bits per heavy atom. The Bertz CT molecular complexity index is 653. The van der Waals surface area contributed by atoms with Gasteiger partial charge in [0.2, 0.25) is 5.89 Å². The molecule has 0 bridgehead atoms. The lowest BCUT2D eigenvalue weighted by Gasteiger charge is -2.24. The van der Waals surface area contributed by atoms with Crippen molar-refractivity contribution in [3.8, 4) is 5.75 Å². The lowest BCUT2D eigenvalue weighted by molar-refractivity contribution is 0.0637. The van der Waals surface area contributed by atoms with Gasteiger partial charge in [0.25, 0.3) is 0 Å². The fourth-order valence-corrected chi connectivity index (χ4v) is 3.13. The van der Waals surface area contributed by atoms with Gasteiger partial charge in [0, 0.05) is 31.7 Å². The van der Waals surface area contributed by atoms with Crippen LogP contribution in [0, 0.1) is 0 Å². The van der Waals surface area contributed by atoms with Gasteiger partial charge in [0.05, 0.1) is 12.6 Å². The Labute approximate surface area is 148 Å². The first-order valence-electron chi connectivity index (χ1n) is 9.17. The van der Waals surface area contributed by atoms with Crippen LogP contribution >= 0.6 is 0 Å². The Morgan fingerprint density at radius 2 is 2.16 bits per heavy atom. The summed E-state index contributed by atoms with van der Waals surface area (Å²) in [6.07, 6.45) is 5.44. The molecule has 25 heavy (non-hydrogen) atoms. The number of para-hydroxylation sites is 1. The van der Waals surface area contributed by atoms with Gasteiger partial charge in [0.15, 0.2) is 5.82 Å². The maximum atomic E-state index is 10.1. The molecule has 6 nitrogen and oxygen atoms in total. The van der Waals surface area contributed by atoms with E-state index in [1.807, 2.05) is 18.2 Å². The molecule has 1 aromatic heterocycles. The number of aromatic hydroxyl groups is 1. The predicted molar refractivity (Wildman–Crippen MR) is 94.1 cm³/mol. The van der Waals surface area contributed by atoms with Crippen molar-refractivity contribution in [3.63, 3.8) is 0 Å². The molecular weight excluding hydrogens is 318 g/mol. The van der Waals surface area contributed by atoms with Crippen LogP contribution in [0.15, 0.2) is 28.8 Å². The van der Waals surface area contributed by atoms with Gasteiger partial charge >= 0.3 is 0 Å². The third kappa shape index (κ3) is 5.28. The number of aryl methyl sites for hydroxylation is 1. The van der Waals surface area contributed by atoms with E-state index in [4.69, 9.17) is 9.26 Å². The van der Waals surface area contributed by atoms with Gasteiger partial charge in [0.1, 0.15) is 5.75 Å². The molecule has 6 heteroatoms. The number of ether oxygens (including phenoxy) is 1. The predicted octanol–water partition coefficient (Wildman–Crippen LogP) is 3.30. The first-order valence-corrected chi connectivity index (χ1v) is 9.17. The second-order valence-corrected chi connectivity index (χ2v) is 6.64. The molecule has 1 atom stereocenters. The van der Waals surface area contributed by atoms with Gasteiger partial charge in [-0.3, -0.25) is 4.90 Å². The molecule has 0 aliphatic carbocycles. The molecule has 1 aliphatic heterocycles. The van der Waals surface area contributed by atoms with E-state index < -0.39 is 0 Å². The molecule has 2 aromatic rings. The van der Waals surface area contributed by atoms with Crippen LogP contribution in [0.25, 0.3) is 0 Å². The number of hydrogen-bond donors (Lipinski definition) is 1. The average molecular weight is 345 g/mol. The highest BCUT2D eigenvalue weighted by atomic mass is 16.5. The largest absolute Gasteiger partial charge is 0.508 e. The molecule has 1 saturated heterocycles. The third-order valence-electron chi connectivity index (χ3n) is 4.49. The maximum Gasteiger partial charge on any atom is 0.240 e. The molecule has 136 valence electrons. The van der Waals surface area contributed by atoms with E-state index in [9.17, 15) is 5.11 Å². The van der Waals surface area contributed by atoms with Crippen molar-refractivity contribution in [1.82, 2.24) is 15.0 Å². The minimum Gasteiger partial charge on any atom is -0.508 e. The molecule has 0 unspecified atom stereocenters. The number of benzene rings is 1. The molecule has 3 rings (SSSR count). The maximum absolute atomic E-state index is 10.1. The van der Waals surface area contributed by atoms with Crippen molar-refractivity contribution in [3.05, 3.63) is 41.5 Å². The van der Waals surface area contributed by atoms with Gasteiger partial charge < -0.3 is 14.4 Å². The quantitative estimate of drug-likeness (QED) is 0.752. The average Bonchev–Trinajstić information content (AvgIpc) is 3.27. The van der Waals surface area contributed by atoms with Crippen molar-refractivity contribution in [2.75, 3.05) is 13.2 Å². The summed E-state index contributed by atoms with van der Waals surface area (Å²) in [6.45, 7) is 4.96. The third-order valence-corrected chi connectivity index (χ3v) is 4.49. The summed E-state index contributed by atoms with van der Waals surface area (Å²) in [7, 11) is 0. The molecule has 0 spiro atoms. The van der Waals surface area contributed by atoms with Crippen LogP contribution in [0.2, 0.25) is 0 Å². The Balaban J connectivity index is 1.67. The van der Waals surface area contributed by atoms with E-state index >= 15 is 0 Å². The van der Waals surface area contributed by atoms with Crippen molar-refractivity contribution in [2.45, 2.75) is 58.2 Å². The number of phenols is 1. The fourth-order valence-electron chi connectivity index (χ4n) is 3.13. The number of aromatic nitrogens is 2. The first kappa shape index (κ1) is 17.9. The second kappa shape index (κ2) is 8.97. The summed E-state index contributed by atoms with van der Waals surface area (Å²) in [4.78, 5) is 6.71. The number of hydrogen-bond acceptors (Lipinski definition) is 6. The minimum absolute atomic E-state index is 0.230. The van der Waals surface area contributed by atoms with Crippen LogP contribution in [-0.4, -0.2) is 39.4 Å². The van der Waals surface area contributed by atoms with Gasteiger partial charge in [-0.15, -0.1) is 0 Å². The van der Waals surface area contributed by atoms with Crippen LogP contribution in [0.1, 0.15) is 49.9 Å². The summed E-state index contributed by atoms with van der Waals surface area (Å²) in [5.41, 5.74) is 0.895. The zero-order chi connectivity index (χ0) is 17.5. The molecule has 0 saturated carbocycles. The molecule has 1 aliphatic rings. The second-order valence-electron chi connectivity index (χ2n) is 6.64. The number of unbranched alkanes of at least 4 members (excludes halogenated alkanes) is 1. The number of rotatable bonds is 9. The van der Waals surface area contributed by atoms with Crippen LogP contribution in [0.5, 0.6) is 5.75 Å². The lowest BCUT2D eigenvalue weighted by Crippen LogP contribution is -2.31. The van der Waals surface area contributed by atoms with Crippen molar-refractivity contribution in [1.29, 1.82) is 0 Å². The number of nitrogens with zero attached hydrogens (tertiary/aromatic N) is 3. The molecule has 1 aromatic carbocycles. The van der Waals surface area contributed by atoms with Crippen LogP contribution in [0.4, 0.5) is 0 Å². The fraction of sp³-hybridized carbons (Fsp3) is 0.579. The van der Waals surface area contributed by atoms with Crippen LogP contribution in [-0.2, 0) is 24.2 Å². The Morgan fingerprint density at radius 1 is 1.28 bits per heavy atom. The first-order chi connectivity index (χ1) is 12.2. The Kier molecular flexibility index (Phi) is 6.42. The van der Waals surface area contributed by atoms with Gasteiger partial charge in [-0.25, -0.2) is 0 Å². The topological polar surface area (TPSA) is 71.6 Å². The van der Waals surface area contributed by atoms with E-state index in [1.54, 1.807) is 6.07 Å². The molecule has 0 radical (unpaired) electrons. The van der Waals surface area contributed by atoms with Gasteiger partial charge in [-0.05, 0) is 25.3 Å². The van der Waals surface area contributed by atoms with Crippen molar-refractivity contribution >= 4 is 0 Å². The summed E-state index contributed by atoms with van der Waals surface area (Å²) >= 11 is 0. The smallest absolute Gasteiger partial charge is 0.240 e. The zero-order valence-corrected chi connectivity index (χ0v) is 14.9. The zero-order valence-electron chi connectivity index (χ0n) is 14.9. The molecule has 1 fully saturated rings. The molecule has 2 heterocycles. The normalized spacial score (nSPS) is 17.4. The van der Waals surface area contributed by atoms with Gasteiger partial charge in [-0.2, -0.15) is 4.98 Å². The van der Waals surface area contributed by atoms with Gasteiger partial charge in [-0.1, -0.05) is 36.7 Å². The van der Waals surface area contributed by atoms with E-state index in [1.165, 1.54) is 0 Å². The molecular formula is C19H27N3O3. The summed E-state index contributed by atoms with van der Waals surface area (Å²) in [5, 5.41) is 14.1. The number of phenolic OH excluding ortho intramolecular Hbond substituents is 1. The Hall–Kier alpha value is -1.92. The van der Waals surface area contributed by atoms with E-state index in [-0.39, 0.29) is 6.10 Å². The summed E-state index contributed by atoms with van der Waals surface area (Å²) in [6, 6.07) is 7.43. The van der Waals surface area contributed by atoms with Crippen LogP contribution in [0.3, 0.4) is 0 Å². The van der Waals surface area contributed by atoms with Crippen molar-refractivity contribution < 1.29 is 14.4 Å². The highest BCUT2D eigenvalue weighted by Gasteiger charge is 2.22. The van der Waals surface area contributed by atoms with Crippen molar-refractivity contribution in [2.24, 2.45) is 0 Å². The lowest BCUT2D eigenvalue weighted by atomic mass is 10.1. The summed E-state index contributed by atoms with van der Waals surface area (Å²) < 4.78 is 11.2. The highest BCUT2D eigenvalue weighted by Crippen LogP contribution is 2.21. The SMILES string of the molecule is CCCCc1noc(CN(Cc2ccccc2O)C[C@@H]2CCCO2)n1. The standard InChI is InChI=1S/C19H27N3O3/c1-2-3-10-18-20-19(25-21-18)14-22(13-16-8-6-11-24-16)12-15-7-4-5-9-17(15)23/h4-5,7,9,16,23H,2-3,6,8,10-14H2,1H3/t16-/m0/s1. The van der Waals surface area contributed by atoms with E-state index in [2.05, 4.69) is 22.0 Å².